The van der Waals surface area contributed by atoms with Gasteiger partial charge in [-0.05, 0) is 194 Å². The predicted octanol–water partition coefficient (Wildman–Crippen LogP) is 24.0. The zero-order chi connectivity index (χ0) is 58.6. The van der Waals surface area contributed by atoms with Gasteiger partial charge >= 0.3 is 0 Å². The summed E-state index contributed by atoms with van der Waals surface area (Å²) in [5.41, 5.74) is 17.8. The maximum absolute atomic E-state index is 2.42. The number of para-hydroxylation sites is 6. The van der Waals surface area contributed by atoms with Crippen LogP contribution in [0.5, 0.6) is 0 Å². The Morgan fingerprint density at radius 1 is 0.170 bits per heavy atom. The van der Waals surface area contributed by atoms with Crippen LogP contribution >= 0.6 is 0 Å². The van der Waals surface area contributed by atoms with Gasteiger partial charge in [-0.2, -0.15) is 0 Å². The molecule has 0 fully saturated rings. The molecule has 15 aromatic rings. The predicted molar refractivity (Wildman–Crippen MR) is 376 cm³/mol. The van der Waals surface area contributed by atoms with E-state index < -0.39 is 0 Å². The number of rotatable bonds is 15. The van der Waals surface area contributed by atoms with E-state index in [9.17, 15) is 0 Å². The summed E-state index contributed by atoms with van der Waals surface area (Å²) < 4.78 is 0. The van der Waals surface area contributed by atoms with Crippen molar-refractivity contribution < 1.29 is 0 Å². The highest BCUT2D eigenvalue weighted by molar-refractivity contribution is 6.24. The third-order valence-electron chi connectivity index (χ3n) is 16.7. The molecule has 0 spiro atoms. The number of benzene rings is 15. The summed E-state index contributed by atoms with van der Waals surface area (Å²) in [6.45, 7) is 0. The van der Waals surface area contributed by atoms with Crippen LogP contribution in [0.15, 0.2) is 352 Å². The Kier molecular flexibility index (Phi) is 14.3. The topological polar surface area (TPSA) is 13.0 Å². The van der Waals surface area contributed by atoms with Crippen LogP contribution in [-0.4, -0.2) is 0 Å². The number of nitrogens with zero attached hydrogens (tertiary/aromatic N) is 4. The van der Waals surface area contributed by atoms with Crippen LogP contribution in [0.1, 0.15) is 11.1 Å². The highest BCUT2D eigenvalue weighted by atomic mass is 15.2. The summed E-state index contributed by atoms with van der Waals surface area (Å²) in [5, 5.41) is 9.49. The second-order valence-electron chi connectivity index (χ2n) is 22.1. The normalized spacial score (nSPS) is 11.4. The standard InChI is InChI=1S/C84H60N4/c1-7-25-67(26-8-1)85(68-27-9-2-10-28-68)73-51-45-61(46-52-73)42-43-62-44-47-66-58-76(55-50-65(66)56-62)86(69-29-11-3-12-30-69)75-37-23-24-64(57-75)63-48-53-74(54-49-63)88(72-35-17-6-18-36-72)84-60-82-77-38-19-21-40-79(77)83(59-81(82)78-39-20-22-41-80(78)84)87(70-31-13-4-14-32-70)71-33-15-5-16-34-71/h1-60H/b43-42+. The first-order valence-electron chi connectivity index (χ1n) is 30.1. The van der Waals surface area contributed by atoms with Crippen LogP contribution in [0.3, 0.4) is 0 Å². The maximum Gasteiger partial charge on any atom is 0.0546 e. The molecule has 0 saturated heterocycles. The van der Waals surface area contributed by atoms with Crippen molar-refractivity contribution >= 4 is 123 Å². The van der Waals surface area contributed by atoms with Crippen molar-refractivity contribution in [1.29, 1.82) is 0 Å². The molecule has 15 rings (SSSR count). The molecular formula is C84H60N4. The van der Waals surface area contributed by atoms with E-state index in [1.54, 1.807) is 0 Å². The average molecular weight is 1130 g/mol. The lowest BCUT2D eigenvalue weighted by Crippen LogP contribution is -2.11. The second-order valence-corrected chi connectivity index (χ2v) is 22.1. The van der Waals surface area contributed by atoms with Crippen molar-refractivity contribution in [2.24, 2.45) is 0 Å². The zero-order valence-electron chi connectivity index (χ0n) is 48.4. The Hall–Kier alpha value is -11.7. The lowest BCUT2D eigenvalue weighted by atomic mass is 9.93. The van der Waals surface area contributed by atoms with Crippen LogP contribution in [0, 0.1) is 0 Å². The van der Waals surface area contributed by atoms with Gasteiger partial charge in [-0.1, -0.05) is 224 Å². The van der Waals surface area contributed by atoms with E-state index in [1.807, 2.05) is 0 Å². The van der Waals surface area contributed by atoms with Gasteiger partial charge in [0.25, 0.3) is 0 Å². The first kappa shape index (κ1) is 53.0. The molecule has 4 heteroatoms. The molecule has 0 N–H and O–H groups in total. The molecule has 0 aliphatic rings. The quantitative estimate of drug-likeness (QED) is 0.0749. The summed E-state index contributed by atoms with van der Waals surface area (Å²) in [4.78, 5) is 9.46. The number of hydrogen-bond acceptors (Lipinski definition) is 4. The summed E-state index contributed by atoms with van der Waals surface area (Å²) in [6.07, 6.45) is 4.40. The highest BCUT2D eigenvalue weighted by Crippen LogP contribution is 2.48. The molecule has 0 bridgehead atoms. The van der Waals surface area contributed by atoms with Gasteiger partial charge in [0.15, 0.2) is 0 Å². The van der Waals surface area contributed by atoms with Crippen LogP contribution < -0.4 is 19.6 Å². The summed E-state index contributed by atoms with van der Waals surface area (Å²) in [7, 11) is 0. The van der Waals surface area contributed by atoms with Crippen molar-refractivity contribution in [2.75, 3.05) is 19.6 Å². The Balaban J connectivity index is 0.747. The van der Waals surface area contributed by atoms with Crippen molar-refractivity contribution in [3.63, 3.8) is 0 Å². The van der Waals surface area contributed by atoms with E-state index in [1.165, 1.54) is 43.1 Å². The van der Waals surface area contributed by atoms with E-state index in [0.717, 1.165) is 90.5 Å². The minimum absolute atomic E-state index is 1.07. The lowest BCUT2D eigenvalue weighted by Gasteiger charge is -2.30. The molecule has 15 aromatic carbocycles. The lowest BCUT2D eigenvalue weighted by molar-refractivity contribution is 1.28. The SMILES string of the molecule is C(=C\c1ccc2cc(N(c3ccccc3)c3cccc(-c4ccc(N(c5ccccc5)c5cc6c7ccccc7c(N(c7ccccc7)c7ccccc7)cc6c6ccccc56)cc4)c3)ccc2c1)/c1ccc(N(c2ccccc2)c2ccccc2)cc1. The largest absolute Gasteiger partial charge is 0.311 e. The van der Waals surface area contributed by atoms with Crippen LogP contribution in [-0.2, 0) is 0 Å². The van der Waals surface area contributed by atoms with Crippen LogP contribution in [0.25, 0.3) is 66.4 Å². The summed E-state index contributed by atoms with van der Waals surface area (Å²) >= 11 is 0. The molecule has 416 valence electrons. The van der Waals surface area contributed by atoms with E-state index >= 15 is 0 Å². The average Bonchev–Trinajstić information content (AvgIpc) is 1.14. The minimum Gasteiger partial charge on any atom is -0.311 e. The fourth-order valence-electron chi connectivity index (χ4n) is 12.5. The third-order valence-corrected chi connectivity index (χ3v) is 16.7. The van der Waals surface area contributed by atoms with Gasteiger partial charge in [0.05, 0.1) is 11.4 Å². The monoisotopic (exact) mass is 1120 g/mol. The van der Waals surface area contributed by atoms with Gasteiger partial charge in [-0.25, -0.2) is 0 Å². The molecule has 0 aromatic heterocycles. The summed E-state index contributed by atoms with van der Waals surface area (Å²) in [5.74, 6) is 0. The van der Waals surface area contributed by atoms with E-state index in [2.05, 4.69) is 384 Å². The molecule has 0 aliphatic carbocycles. The molecule has 0 saturated carbocycles. The van der Waals surface area contributed by atoms with Crippen molar-refractivity contribution in [3.8, 4) is 11.1 Å². The van der Waals surface area contributed by atoms with Crippen LogP contribution in [0.2, 0.25) is 0 Å². The molecule has 0 amide bonds. The van der Waals surface area contributed by atoms with E-state index in [-0.39, 0.29) is 0 Å². The van der Waals surface area contributed by atoms with Gasteiger partial charge in [0, 0.05) is 67.6 Å². The maximum atomic E-state index is 2.42. The van der Waals surface area contributed by atoms with Crippen molar-refractivity contribution in [3.05, 3.63) is 363 Å². The van der Waals surface area contributed by atoms with Gasteiger partial charge in [-0.15, -0.1) is 0 Å². The number of anilines is 12. The van der Waals surface area contributed by atoms with Gasteiger partial charge < -0.3 is 19.6 Å². The Morgan fingerprint density at radius 3 is 0.966 bits per heavy atom. The van der Waals surface area contributed by atoms with Crippen LogP contribution in [0.4, 0.5) is 68.2 Å². The number of fused-ring (bicyclic) bond motifs is 6. The smallest absolute Gasteiger partial charge is 0.0546 e. The van der Waals surface area contributed by atoms with Gasteiger partial charge in [0.2, 0.25) is 0 Å². The van der Waals surface area contributed by atoms with E-state index in [0.29, 0.717) is 0 Å². The third kappa shape index (κ3) is 10.5. The first-order chi connectivity index (χ1) is 43.6. The molecule has 0 heterocycles. The number of hydrogen-bond donors (Lipinski definition) is 0. The molecule has 0 radical (unpaired) electrons. The van der Waals surface area contributed by atoms with Crippen molar-refractivity contribution in [1.82, 2.24) is 0 Å². The molecule has 0 unspecified atom stereocenters. The van der Waals surface area contributed by atoms with Gasteiger partial charge in [-0.3, -0.25) is 0 Å². The van der Waals surface area contributed by atoms with Gasteiger partial charge in [0.1, 0.15) is 0 Å². The van der Waals surface area contributed by atoms with E-state index in [4.69, 9.17) is 0 Å². The highest BCUT2D eigenvalue weighted by Gasteiger charge is 2.23. The van der Waals surface area contributed by atoms with Crippen molar-refractivity contribution in [2.45, 2.75) is 0 Å². The fourth-order valence-corrected chi connectivity index (χ4v) is 12.5. The summed E-state index contributed by atoms with van der Waals surface area (Å²) in [6, 6.07) is 127. The Bertz CT molecular complexity index is 4860. The first-order valence-corrected chi connectivity index (χ1v) is 30.1. The molecular weight excluding hydrogens is 1060 g/mol. The minimum atomic E-state index is 1.07. The molecule has 4 nitrogen and oxygen atoms in total. The molecule has 88 heavy (non-hydrogen) atoms. The Morgan fingerprint density at radius 2 is 0.489 bits per heavy atom. The zero-order valence-corrected chi connectivity index (χ0v) is 48.4. The second kappa shape index (κ2) is 23.7. The molecule has 0 aliphatic heterocycles. The molecule has 0 atom stereocenters. The fraction of sp³-hybridized carbons (Fsp3) is 0. The Labute approximate surface area is 514 Å².